The van der Waals surface area contributed by atoms with Crippen molar-refractivity contribution < 1.29 is 14.7 Å². The lowest BCUT2D eigenvalue weighted by atomic mass is 9.98. The third-order valence-electron chi connectivity index (χ3n) is 4.33. The van der Waals surface area contributed by atoms with E-state index in [9.17, 15) is 14.7 Å². The van der Waals surface area contributed by atoms with Gasteiger partial charge in [-0.25, -0.2) is 0 Å². The van der Waals surface area contributed by atoms with Crippen LogP contribution in [-0.2, 0) is 11.2 Å². The fourth-order valence-corrected chi connectivity index (χ4v) is 3.10. The number of carboxylic acid groups (broad SMARTS) is 1. The molecule has 3 heteroatoms. The number of carboxylic acids is 1. The summed E-state index contributed by atoms with van der Waals surface area (Å²) in [5.41, 5.74) is 5.40. The quantitative estimate of drug-likeness (QED) is 0.731. The number of benzene rings is 1. The summed E-state index contributed by atoms with van der Waals surface area (Å²) in [4.78, 5) is 24.3. The molecule has 0 amide bonds. The smallest absolute Gasteiger partial charge is 0.307 e. The minimum Gasteiger partial charge on any atom is -0.481 e. The first kappa shape index (κ1) is 15.9. The second-order valence-corrected chi connectivity index (χ2v) is 5.98. The highest BCUT2D eigenvalue weighted by atomic mass is 16.4. The molecule has 2 aliphatic carbocycles. The van der Waals surface area contributed by atoms with Gasteiger partial charge in [0, 0.05) is 11.1 Å². The van der Waals surface area contributed by atoms with E-state index in [1.54, 1.807) is 0 Å². The monoisotopic (exact) mass is 318 g/mol. The van der Waals surface area contributed by atoms with Crippen LogP contribution in [0.5, 0.6) is 0 Å². The number of ketones is 1. The molecule has 2 aliphatic rings. The van der Waals surface area contributed by atoms with Gasteiger partial charge in [-0.15, -0.1) is 0 Å². The Morgan fingerprint density at radius 2 is 1.50 bits per heavy atom. The maximum Gasteiger partial charge on any atom is 0.307 e. The third kappa shape index (κ3) is 2.81. The second-order valence-electron chi connectivity index (χ2n) is 5.98. The van der Waals surface area contributed by atoms with Gasteiger partial charge in [0.25, 0.3) is 0 Å². The molecule has 0 radical (unpaired) electrons. The largest absolute Gasteiger partial charge is 0.481 e. The van der Waals surface area contributed by atoms with E-state index in [1.165, 1.54) is 0 Å². The van der Waals surface area contributed by atoms with Crippen LogP contribution in [0.25, 0.3) is 11.1 Å². The molecule has 0 aromatic heterocycles. The van der Waals surface area contributed by atoms with Crippen molar-refractivity contribution in [3.05, 3.63) is 82.4 Å². The van der Waals surface area contributed by atoms with Gasteiger partial charge < -0.3 is 5.11 Å². The van der Waals surface area contributed by atoms with Crippen molar-refractivity contribution in [2.45, 2.75) is 20.3 Å². The van der Waals surface area contributed by atoms with Gasteiger partial charge in [0.15, 0.2) is 5.78 Å². The highest BCUT2D eigenvalue weighted by Crippen LogP contribution is 2.37. The van der Waals surface area contributed by atoms with E-state index >= 15 is 0 Å². The number of rotatable bonds is 4. The lowest BCUT2D eigenvalue weighted by molar-refractivity contribution is -0.136. The van der Waals surface area contributed by atoms with Crippen LogP contribution in [0.1, 0.15) is 32.6 Å². The molecule has 120 valence electrons. The number of carbonyl (C=O) groups is 2. The highest BCUT2D eigenvalue weighted by Gasteiger charge is 2.26. The van der Waals surface area contributed by atoms with E-state index in [4.69, 9.17) is 0 Å². The zero-order valence-electron chi connectivity index (χ0n) is 13.7. The fourth-order valence-electron chi connectivity index (χ4n) is 3.10. The molecule has 0 saturated heterocycles. The molecule has 0 saturated carbocycles. The van der Waals surface area contributed by atoms with E-state index in [2.05, 4.69) is 0 Å². The van der Waals surface area contributed by atoms with Gasteiger partial charge in [0.2, 0.25) is 0 Å². The molecule has 0 atom stereocenters. The van der Waals surface area contributed by atoms with Crippen LogP contribution in [0.4, 0.5) is 0 Å². The number of hydrogen-bond acceptors (Lipinski definition) is 2. The lowest BCUT2D eigenvalue weighted by Crippen LogP contribution is -2.04. The predicted octanol–water partition coefficient (Wildman–Crippen LogP) is 4.27. The average molecular weight is 318 g/mol. The molecule has 24 heavy (non-hydrogen) atoms. The topological polar surface area (TPSA) is 54.4 Å². The van der Waals surface area contributed by atoms with Gasteiger partial charge in [-0.05, 0) is 36.1 Å². The molecule has 1 aromatic carbocycles. The predicted molar refractivity (Wildman–Crippen MR) is 93.8 cm³/mol. The fraction of sp³-hybridized carbons (Fsp3) is 0.143. The van der Waals surface area contributed by atoms with Crippen LogP contribution < -0.4 is 0 Å². The average Bonchev–Trinajstić information content (AvgIpc) is 2.70. The van der Waals surface area contributed by atoms with Crippen molar-refractivity contribution in [3.8, 4) is 11.1 Å². The molecule has 1 aromatic rings. The zero-order chi connectivity index (χ0) is 17.3. The van der Waals surface area contributed by atoms with E-state index < -0.39 is 5.97 Å². The van der Waals surface area contributed by atoms with Crippen LogP contribution in [0, 0.1) is 13.8 Å². The minimum absolute atomic E-state index is 0.0691. The lowest BCUT2D eigenvalue weighted by Gasteiger charge is -2.04. The van der Waals surface area contributed by atoms with E-state index in [0.29, 0.717) is 16.7 Å². The van der Waals surface area contributed by atoms with Crippen molar-refractivity contribution in [2.75, 3.05) is 0 Å². The summed E-state index contributed by atoms with van der Waals surface area (Å²) in [5, 5.41) is 9.22. The van der Waals surface area contributed by atoms with Crippen molar-refractivity contribution in [2.24, 2.45) is 0 Å². The summed E-state index contributed by atoms with van der Waals surface area (Å²) in [5.74, 6) is -0.967. The Hall–Kier alpha value is -2.94. The Labute approximate surface area is 140 Å². The molecular formula is C21H18O3. The van der Waals surface area contributed by atoms with Crippen LogP contribution in [0.2, 0.25) is 0 Å². The number of aryl methyl sites for hydroxylation is 1. The van der Waals surface area contributed by atoms with Crippen molar-refractivity contribution in [1.29, 1.82) is 0 Å². The van der Waals surface area contributed by atoms with Crippen LogP contribution >= 0.6 is 0 Å². The Balaban J connectivity index is 2.21. The van der Waals surface area contributed by atoms with Crippen LogP contribution in [-0.4, -0.2) is 16.9 Å². The Morgan fingerprint density at radius 1 is 0.875 bits per heavy atom. The van der Waals surface area contributed by atoms with E-state index in [1.807, 2.05) is 68.4 Å². The number of fused-ring (bicyclic) bond motifs is 1. The molecule has 0 bridgehead atoms. The van der Waals surface area contributed by atoms with Gasteiger partial charge in [-0.2, -0.15) is 0 Å². The van der Waals surface area contributed by atoms with Gasteiger partial charge in [-0.3, -0.25) is 9.59 Å². The molecule has 0 aliphatic heterocycles. The molecule has 0 heterocycles. The van der Waals surface area contributed by atoms with Crippen molar-refractivity contribution in [1.82, 2.24) is 0 Å². The maximum atomic E-state index is 13.0. The molecule has 3 rings (SSSR count). The first-order valence-electron chi connectivity index (χ1n) is 7.82. The number of aliphatic carboxylic acids is 1. The van der Waals surface area contributed by atoms with Gasteiger partial charge in [-0.1, -0.05) is 60.2 Å². The first-order chi connectivity index (χ1) is 11.5. The van der Waals surface area contributed by atoms with E-state index in [0.717, 1.165) is 22.3 Å². The molecule has 1 N–H and O–H groups in total. The van der Waals surface area contributed by atoms with Gasteiger partial charge >= 0.3 is 5.97 Å². The zero-order valence-corrected chi connectivity index (χ0v) is 13.7. The molecule has 0 fully saturated rings. The maximum absolute atomic E-state index is 13.0. The minimum atomic E-state index is -0.897. The summed E-state index contributed by atoms with van der Waals surface area (Å²) in [6.45, 7) is 3.81. The summed E-state index contributed by atoms with van der Waals surface area (Å²) < 4.78 is 0. The Kier molecular flexibility index (Phi) is 4.17. The summed E-state index contributed by atoms with van der Waals surface area (Å²) in [6, 6.07) is 16.8. The Bertz CT molecular complexity index is 892. The Morgan fingerprint density at radius 3 is 2.12 bits per heavy atom. The molecule has 0 unspecified atom stereocenters. The van der Waals surface area contributed by atoms with Gasteiger partial charge in [0.1, 0.15) is 0 Å². The summed E-state index contributed by atoms with van der Waals surface area (Å²) in [6.07, 6.45) is -0.0898. The number of carbonyl (C=O) groups excluding carboxylic acids is 1. The highest BCUT2D eigenvalue weighted by molar-refractivity contribution is 6.15. The molecule has 0 spiro atoms. The number of hydrogen-bond donors (Lipinski definition) is 1. The standard InChI is InChI=1S/C21H18O3/c1-13-8-10-15(11-9-13)21(24)20-14(2)18(12-19(22)23)16-6-4-3-5-7-17(16)20/h3-11H,12H2,1-2H3,(H,22,23). The van der Waals surface area contributed by atoms with Crippen LogP contribution in [0.3, 0.4) is 0 Å². The van der Waals surface area contributed by atoms with Crippen molar-refractivity contribution in [3.63, 3.8) is 0 Å². The van der Waals surface area contributed by atoms with Crippen LogP contribution in [0.15, 0.2) is 54.6 Å². The SMILES string of the molecule is Cc1ccc(C(=O)c2c3cccccc-3c(CC(=O)O)c2C)cc1. The van der Waals surface area contributed by atoms with E-state index in [-0.39, 0.29) is 12.2 Å². The third-order valence-corrected chi connectivity index (χ3v) is 4.33. The first-order valence-corrected chi connectivity index (χ1v) is 7.82. The second kappa shape index (κ2) is 6.28. The van der Waals surface area contributed by atoms with Crippen molar-refractivity contribution >= 4 is 11.8 Å². The normalized spacial score (nSPS) is 10.8. The summed E-state index contributed by atoms with van der Waals surface area (Å²) in [7, 11) is 0. The molecular weight excluding hydrogens is 300 g/mol. The van der Waals surface area contributed by atoms with Gasteiger partial charge in [0.05, 0.1) is 6.42 Å². The summed E-state index contributed by atoms with van der Waals surface area (Å²) >= 11 is 0. The molecule has 3 nitrogen and oxygen atoms in total.